The number of thioether (sulfide) groups is 1. The topological polar surface area (TPSA) is 75.7 Å². The minimum Gasteiger partial charge on any atom is -0.495 e. The number of sulfonamides is 1. The van der Waals surface area contributed by atoms with Gasteiger partial charge in [-0.05, 0) is 80.1 Å². The SMILES string of the molecule is COc1ccc(C)cc1S(=O)(=O)N(CC(=O)N[C@@H](C)c1ccc(SC)cc1)c1ccc(C)c(Cl)c1. The van der Waals surface area contributed by atoms with Crippen molar-refractivity contribution in [1.29, 1.82) is 0 Å². The van der Waals surface area contributed by atoms with Gasteiger partial charge in [0.2, 0.25) is 5.91 Å². The Morgan fingerprint density at radius 2 is 1.77 bits per heavy atom. The molecule has 1 amide bonds. The van der Waals surface area contributed by atoms with Crippen LogP contribution < -0.4 is 14.4 Å². The molecule has 0 aromatic heterocycles. The maximum absolute atomic E-state index is 13.8. The van der Waals surface area contributed by atoms with Crippen LogP contribution in [0.1, 0.15) is 29.7 Å². The van der Waals surface area contributed by atoms with Crippen LogP contribution in [0.4, 0.5) is 5.69 Å². The number of ether oxygens (including phenoxy) is 1. The summed E-state index contributed by atoms with van der Waals surface area (Å²) in [6.45, 7) is 5.05. The molecule has 0 aliphatic rings. The summed E-state index contributed by atoms with van der Waals surface area (Å²) in [4.78, 5) is 14.2. The van der Waals surface area contributed by atoms with E-state index in [1.807, 2.05) is 44.4 Å². The van der Waals surface area contributed by atoms with Gasteiger partial charge in [0.1, 0.15) is 17.2 Å². The fraction of sp³-hybridized carbons (Fsp3) is 0.269. The van der Waals surface area contributed by atoms with Crippen molar-refractivity contribution in [2.45, 2.75) is 36.6 Å². The van der Waals surface area contributed by atoms with Crippen LogP contribution in [0.25, 0.3) is 0 Å². The lowest BCUT2D eigenvalue weighted by Gasteiger charge is -2.26. The second-order valence-electron chi connectivity index (χ2n) is 8.16. The van der Waals surface area contributed by atoms with Crippen molar-refractivity contribution in [3.8, 4) is 5.75 Å². The van der Waals surface area contributed by atoms with Crippen LogP contribution in [0.3, 0.4) is 0 Å². The van der Waals surface area contributed by atoms with Gasteiger partial charge in [-0.15, -0.1) is 11.8 Å². The summed E-state index contributed by atoms with van der Waals surface area (Å²) in [5.41, 5.74) is 2.76. The normalized spacial score (nSPS) is 12.2. The van der Waals surface area contributed by atoms with E-state index in [1.165, 1.54) is 13.2 Å². The van der Waals surface area contributed by atoms with E-state index in [9.17, 15) is 13.2 Å². The van der Waals surface area contributed by atoms with E-state index in [2.05, 4.69) is 5.32 Å². The maximum atomic E-state index is 13.8. The van der Waals surface area contributed by atoms with Crippen LogP contribution in [0.5, 0.6) is 5.75 Å². The molecule has 6 nitrogen and oxygen atoms in total. The molecule has 0 fully saturated rings. The third-order valence-electron chi connectivity index (χ3n) is 5.61. The first-order valence-electron chi connectivity index (χ1n) is 10.9. The lowest BCUT2D eigenvalue weighted by atomic mass is 10.1. The molecule has 0 saturated heterocycles. The molecule has 0 aliphatic carbocycles. The molecule has 0 bridgehead atoms. The molecule has 3 aromatic rings. The van der Waals surface area contributed by atoms with E-state index in [0.29, 0.717) is 5.02 Å². The molecule has 9 heteroatoms. The monoisotopic (exact) mass is 532 g/mol. The zero-order chi connectivity index (χ0) is 25.8. The Bertz CT molecular complexity index is 1310. The Balaban J connectivity index is 1.96. The molecule has 35 heavy (non-hydrogen) atoms. The third kappa shape index (κ3) is 6.31. The second-order valence-corrected chi connectivity index (χ2v) is 11.3. The number of anilines is 1. The molecule has 186 valence electrons. The summed E-state index contributed by atoms with van der Waals surface area (Å²) in [6.07, 6.45) is 2.00. The van der Waals surface area contributed by atoms with Gasteiger partial charge in [-0.1, -0.05) is 35.9 Å². The van der Waals surface area contributed by atoms with Crippen molar-refractivity contribution in [1.82, 2.24) is 5.32 Å². The summed E-state index contributed by atoms with van der Waals surface area (Å²) in [5.74, 6) is -0.250. The van der Waals surface area contributed by atoms with Gasteiger partial charge in [-0.2, -0.15) is 0 Å². The summed E-state index contributed by atoms with van der Waals surface area (Å²) in [5, 5.41) is 3.31. The number of benzene rings is 3. The Hall–Kier alpha value is -2.68. The van der Waals surface area contributed by atoms with E-state index in [-0.39, 0.29) is 22.4 Å². The van der Waals surface area contributed by atoms with Gasteiger partial charge >= 0.3 is 0 Å². The zero-order valence-electron chi connectivity index (χ0n) is 20.3. The number of rotatable bonds is 9. The number of nitrogens with one attached hydrogen (secondary N) is 1. The highest BCUT2D eigenvalue weighted by Crippen LogP contribution is 2.32. The summed E-state index contributed by atoms with van der Waals surface area (Å²) >= 11 is 7.95. The number of nitrogens with zero attached hydrogens (tertiary/aromatic N) is 1. The fourth-order valence-corrected chi connectivity index (χ4v) is 5.79. The minimum absolute atomic E-state index is 0.0230. The predicted molar refractivity (Wildman–Crippen MR) is 143 cm³/mol. The summed E-state index contributed by atoms with van der Waals surface area (Å²) in [6, 6.07) is 17.4. The van der Waals surface area contributed by atoms with Crippen molar-refractivity contribution in [2.75, 3.05) is 24.2 Å². The lowest BCUT2D eigenvalue weighted by Crippen LogP contribution is -2.41. The molecular formula is C26H29ClN2O4S2. The smallest absolute Gasteiger partial charge is 0.268 e. The molecule has 0 radical (unpaired) electrons. The summed E-state index contributed by atoms with van der Waals surface area (Å²) < 4.78 is 34.1. The number of aryl methyl sites for hydroxylation is 2. The quantitative estimate of drug-likeness (QED) is 0.355. The molecule has 3 rings (SSSR count). The highest BCUT2D eigenvalue weighted by Gasteiger charge is 2.31. The largest absolute Gasteiger partial charge is 0.495 e. The Kier molecular flexibility index (Phi) is 8.74. The first kappa shape index (κ1) is 26.9. The molecule has 0 saturated carbocycles. The van der Waals surface area contributed by atoms with Crippen LogP contribution in [-0.4, -0.2) is 34.2 Å². The molecule has 0 spiro atoms. The van der Waals surface area contributed by atoms with E-state index >= 15 is 0 Å². The highest BCUT2D eigenvalue weighted by atomic mass is 35.5. The molecule has 0 unspecified atom stereocenters. The van der Waals surface area contributed by atoms with E-state index < -0.39 is 22.5 Å². The number of hydrogen-bond donors (Lipinski definition) is 1. The van der Waals surface area contributed by atoms with Crippen LogP contribution in [0.15, 0.2) is 70.5 Å². The lowest BCUT2D eigenvalue weighted by molar-refractivity contribution is -0.120. The number of carbonyl (C=O) groups is 1. The number of hydrogen-bond acceptors (Lipinski definition) is 5. The van der Waals surface area contributed by atoms with E-state index in [4.69, 9.17) is 16.3 Å². The number of amides is 1. The van der Waals surface area contributed by atoms with Gasteiger partial charge in [-0.3, -0.25) is 9.10 Å². The zero-order valence-corrected chi connectivity index (χ0v) is 22.7. The van der Waals surface area contributed by atoms with Gasteiger partial charge < -0.3 is 10.1 Å². The molecule has 0 aliphatic heterocycles. The number of methoxy groups -OCH3 is 1. The first-order valence-corrected chi connectivity index (χ1v) is 14.0. The molecule has 0 heterocycles. The van der Waals surface area contributed by atoms with Crippen LogP contribution in [0, 0.1) is 13.8 Å². The minimum atomic E-state index is -4.17. The third-order valence-corrected chi connectivity index (χ3v) is 8.56. The Labute approximate surface area is 216 Å². The van der Waals surface area contributed by atoms with Crippen molar-refractivity contribution < 1.29 is 17.9 Å². The molecule has 3 aromatic carbocycles. The van der Waals surface area contributed by atoms with Gasteiger partial charge in [0.25, 0.3) is 10.0 Å². The predicted octanol–water partition coefficient (Wildman–Crippen LogP) is 5.76. The van der Waals surface area contributed by atoms with Crippen molar-refractivity contribution in [3.63, 3.8) is 0 Å². The van der Waals surface area contributed by atoms with Gasteiger partial charge in [0.15, 0.2) is 0 Å². The van der Waals surface area contributed by atoms with Crippen LogP contribution in [-0.2, 0) is 14.8 Å². The van der Waals surface area contributed by atoms with Gasteiger partial charge in [0, 0.05) is 9.92 Å². The van der Waals surface area contributed by atoms with Crippen LogP contribution >= 0.6 is 23.4 Å². The molecule has 1 N–H and O–H groups in total. The van der Waals surface area contributed by atoms with Crippen molar-refractivity contribution in [3.05, 3.63) is 82.4 Å². The number of carbonyl (C=O) groups excluding carboxylic acids is 1. The summed E-state index contributed by atoms with van der Waals surface area (Å²) in [7, 11) is -2.76. The molecular weight excluding hydrogens is 504 g/mol. The average Bonchev–Trinajstić information content (AvgIpc) is 2.84. The number of halogens is 1. The standard InChI is InChI=1S/C26H29ClN2O4S2/c1-17-6-13-24(33-4)25(14-17)35(31,32)29(21-10-7-18(2)23(27)15-21)16-26(30)28-19(3)20-8-11-22(34-5)12-9-20/h6-15,19H,16H2,1-5H3,(H,28,30)/t19-/m0/s1. The van der Waals surface area contributed by atoms with Crippen molar-refractivity contribution in [2.24, 2.45) is 0 Å². The van der Waals surface area contributed by atoms with Crippen LogP contribution in [0.2, 0.25) is 5.02 Å². The van der Waals surface area contributed by atoms with E-state index in [1.54, 1.807) is 49.0 Å². The maximum Gasteiger partial charge on any atom is 0.268 e. The average molecular weight is 533 g/mol. The fourth-order valence-electron chi connectivity index (χ4n) is 3.55. The van der Waals surface area contributed by atoms with E-state index in [0.717, 1.165) is 25.9 Å². The Morgan fingerprint density at radius 3 is 2.37 bits per heavy atom. The van der Waals surface area contributed by atoms with Gasteiger partial charge in [-0.25, -0.2) is 8.42 Å². The van der Waals surface area contributed by atoms with Gasteiger partial charge in [0.05, 0.1) is 18.8 Å². The first-order chi connectivity index (χ1) is 16.6. The Morgan fingerprint density at radius 1 is 1.09 bits per heavy atom. The van der Waals surface area contributed by atoms with Crippen molar-refractivity contribution >= 4 is 45.0 Å². The molecule has 1 atom stereocenters. The second kappa shape index (κ2) is 11.4. The highest BCUT2D eigenvalue weighted by molar-refractivity contribution is 7.98.